The van der Waals surface area contributed by atoms with E-state index < -0.39 is 35.7 Å². The molecule has 1 aliphatic heterocycles. The van der Waals surface area contributed by atoms with Crippen LogP contribution >= 0.6 is 11.6 Å². The van der Waals surface area contributed by atoms with E-state index in [-0.39, 0.29) is 31.8 Å². The van der Waals surface area contributed by atoms with Gasteiger partial charge < -0.3 is 15.3 Å². The minimum Gasteiger partial charge on any atom is -0.395 e. The fraction of sp³-hybridized carbons (Fsp3) is 0.458. The van der Waals surface area contributed by atoms with Crippen LogP contribution in [0.25, 0.3) is 0 Å². The molecule has 1 saturated heterocycles. The summed E-state index contributed by atoms with van der Waals surface area (Å²) in [5.41, 5.74) is 0.434. The fourth-order valence-corrected chi connectivity index (χ4v) is 4.15. The topological polar surface area (TPSA) is 59.1 Å². The van der Waals surface area contributed by atoms with Gasteiger partial charge in [0.1, 0.15) is 0 Å². The largest absolute Gasteiger partial charge is 0.395 e. The highest BCUT2D eigenvalue weighted by molar-refractivity contribution is 6.31. The fourth-order valence-electron chi connectivity index (χ4n) is 3.99. The lowest BCUT2D eigenvalue weighted by atomic mass is 10.1. The molecule has 0 unspecified atom stereocenters. The highest BCUT2D eigenvalue weighted by Gasteiger charge is 2.29. The molecule has 0 radical (unpaired) electrons. The number of carbonyl (C=O) groups excluding carboxylic acids is 1. The first-order chi connectivity index (χ1) is 17.0. The van der Waals surface area contributed by atoms with Gasteiger partial charge in [-0.3, -0.25) is 14.6 Å². The van der Waals surface area contributed by atoms with E-state index in [0.717, 1.165) is 0 Å². The molecule has 6 nitrogen and oxygen atoms in total. The summed E-state index contributed by atoms with van der Waals surface area (Å²) in [4.78, 5) is 18.0. The molecular weight excluding hydrogens is 507 g/mol. The van der Waals surface area contributed by atoms with Gasteiger partial charge in [-0.1, -0.05) is 17.7 Å². The summed E-state index contributed by atoms with van der Waals surface area (Å²) < 4.78 is 66.9. The van der Waals surface area contributed by atoms with Crippen molar-refractivity contribution in [3.63, 3.8) is 0 Å². The molecule has 3 rings (SSSR count). The van der Waals surface area contributed by atoms with Crippen molar-refractivity contribution in [2.45, 2.75) is 19.1 Å². The summed E-state index contributed by atoms with van der Waals surface area (Å²) in [6.45, 7) is 1.70. The molecule has 12 heteroatoms. The third kappa shape index (κ3) is 7.52. The smallest absolute Gasteiger partial charge is 0.390 e. The van der Waals surface area contributed by atoms with Gasteiger partial charge in [-0.25, -0.2) is 8.78 Å². The average molecular weight is 535 g/mol. The number of carbonyl (C=O) groups is 1. The molecule has 2 aromatic carbocycles. The SMILES string of the molecule is CN(CCO)Cc1ccc(C(=O)Nc2ccc(Cl)cc2N2CCN(CCC(F)(F)F)CC2)c(F)c1F. The first-order valence-corrected chi connectivity index (χ1v) is 11.8. The predicted octanol–water partition coefficient (Wildman–Crippen LogP) is 4.37. The number of amides is 1. The molecule has 198 valence electrons. The summed E-state index contributed by atoms with van der Waals surface area (Å²) in [6.07, 6.45) is -5.10. The van der Waals surface area contributed by atoms with Crippen molar-refractivity contribution in [1.82, 2.24) is 9.80 Å². The molecule has 0 saturated carbocycles. The van der Waals surface area contributed by atoms with Crippen LogP contribution in [0.3, 0.4) is 0 Å². The molecule has 1 fully saturated rings. The quantitative estimate of drug-likeness (QED) is 0.468. The number of aliphatic hydroxyl groups excluding tert-OH is 1. The maximum Gasteiger partial charge on any atom is 0.390 e. The van der Waals surface area contributed by atoms with Crippen molar-refractivity contribution >= 4 is 28.9 Å². The third-order valence-electron chi connectivity index (χ3n) is 5.96. The predicted molar refractivity (Wildman–Crippen MR) is 129 cm³/mol. The Hall–Kier alpha value is -2.47. The van der Waals surface area contributed by atoms with Gasteiger partial charge in [0.05, 0.1) is 30.0 Å². The molecule has 36 heavy (non-hydrogen) atoms. The third-order valence-corrected chi connectivity index (χ3v) is 6.20. The number of rotatable bonds is 9. The Morgan fingerprint density at radius 2 is 1.81 bits per heavy atom. The van der Waals surface area contributed by atoms with E-state index in [1.165, 1.54) is 24.3 Å². The van der Waals surface area contributed by atoms with Crippen molar-refractivity contribution in [1.29, 1.82) is 0 Å². The van der Waals surface area contributed by atoms with Gasteiger partial charge in [0.2, 0.25) is 0 Å². The summed E-state index contributed by atoms with van der Waals surface area (Å²) >= 11 is 6.14. The van der Waals surface area contributed by atoms with E-state index in [1.807, 2.05) is 4.90 Å². The van der Waals surface area contributed by atoms with Gasteiger partial charge in [0.15, 0.2) is 11.6 Å². The number of nitrogens with one attached hydrogen (secondary N) is 1. The standard InChI is InChI=1S/C24H28ClF5N4O2/c1-32(12-13-35)15-16-2-4-18(22(27)21(16)26)23(36)31-19-5-3-17(25)14-20(19)34-10-8-33(9-11-34)7-6-24(28,29)30/h2-5,14,35H,6-13,15H2,1H3,(H,31,36). The monoisotopic (exact) mass is 534 g/mol. The minimum atomic E-state index is -4.22. The van der Waals surface area contributed by atoms with Crippen LogP contribution < -0.4 is 10.2 Å². The first kappa shape index (κ1) is 28.1. The number of hydrogen-bond acceptors (Lipinski definition) is 5. The second kappa shape index (κ2) is 12.2. The van der Waals surface area contributed by atoms with Gasteiger partial charge in [-0.05, 0) is 31.3 Å². The molecule has 0 spiro atoms. The number of likely N-dealkylation sites (N-methyl/N-ethyl adjacent to an activating group) is 1. The van der Waals surface area contributed by atoms with Crippen LogP contribution in [-0.2, 0) is 6.54 Å². The van der Waals surface area contributed by atoms with E-state index >= 15 is 0 Å². The molecule has 0 aromatic heterocycles. The summed E-state index contributed by atoms with van der Waals surface area (Å²) in [5.74, 6) is -3.27. The maximum atomic E-state index is 14.7. The average Bonchev–Trinajstić information content (AvgIpc) is 2.82. The second-order valence-electron chi connectivity index (χ2n) is 8.67. The summed E-state index contributed by atoms with van der Waals surface area (Å²) in [6, 6.07) is 7.21. The van der Waals surface area contributed by atoms with Crippen LogP contribution in [0, 0.1) is 11.6 Å². The van der Waals surface area contributed by atoms with Crippen LogP contribution in [0.2, 0.25) is 5.02 Å². The maximum absolute atomic E-state index is 14.7. The van der Waals surface area contributed by atoms with E-state index in [2.05, 4.69) is 5.32 Å². The number of piperazine rings is 1. The second-order valence-corrected chi connectivity index (χ2v) is 9.11. The highest BCUT2D eigenvalue weighted by Crippen LogP contribution is 2.31. The van der Waals surface area contributed by atoms with Gasteiger partial charge in [0, 0.05) is 56.4 Å². The Labute approximate surface area is 211 Å². The van der Waals surface area contributed by atoms with Crippen molar-refractivity contribution < 1.29 is 31.9 Å². The van der Waals surface area contributed by atoms with Crippen molar-refractivity contribution in [2.75, 3.05) is 63.1 Å². The lowest BCUT2D eigenvalue weighted by molar-refractivity contribution is -0.138. The first-order valence-electron chi connectivity index (χ1n) is 11.4. The molecule has 1 heterocycles. The number of benzene rings is 2. The molecule has 1 amide bonds. The summed E-state index contributed by atoms with van der Waals surface area (Å²) in [5, 5.41) is 12.0. The molecule has 2 N–H and O–H groups in total. The zero-order valence-corrected chi connectivity index (χ0v) is 20.5. The zero-order chi connectivity index (χ0) is 26.5. The van der Waals surface area contributed by atoms with Crippen LogP contribution in [0.5, 0.6) is 0 Å². The number of hydrogen-bond donors (Lipinski definition) is 2. The van der Waals surface area contributed by atoms with Gasteiger partial charge in [-0.15, -0.1) is 0 Å². The molecule has 0 atom stereocenters. The number of halogens is 6. The van der Waals surface area contributed by atoms with Crippen LogP contribution in [0.15, 0.2) is 30.3 Å². The van der Waals surface area contributed by atoms with Crippen LogP contribution in [0.1, 0.15) is 22.3 Å². The minimum absolute atomic E-state index is 0.0515. The Morgan fingerprint density at radius 1 is 1.11 bits per heavy atom. The summed E-state index contributed by atoms with van der Waals surface area (Å²) in [7, 11) is 1.65. The number of aliphatic hydroxyl groups is 1. The molecule has 2 aromatic rings. The lowest BCUT2D eigenvalue weighted by Gasteiger charge is -2.37. The van der Waals surface area contributed by atoms with Crippen molar-refractivity contribution in [3.8, 4) is 0 Å². The number of nitrogens with zero attached hydrogens (tertiary/aromatic N) is 3. The zero-order valence-electron chi connectivity index (χ0n) is 19.7. The highest BCUT2D eigenvalue weighted by atomic mass is 35.5. The van der Waals surface area contributed by atoms with Gasteiger partial charge >= 0.3 is 6.18 Å². The molecular formula is C24H28ClF5N4O2. The Balaban J connectivity index is 1.72. The lowest BCUT2D eigenvalue weighted by Crippen LogP contribution is -2.47. The van der Waals surface area contributed by atoms with Crippen LogP contribution in [-0.4, -0.2) is 79.9 Å². The Morgan fingerprint density at radius 3 is 2.44 bits per heavy atom. The Bertz CT molecular complexity index is 1060. The van der Waals surface area contributed by atoms with Crippen molar-refractivity contribution in [3.05, 3.63) is 58.1 Å². The van der Waals surface area contributed by atoms with E-state index in [4.69, 9.17) is 16.7 Å². The molecule has 1 aliphatic rings. The number of alkyl halides is 3. The molecule has 0 bridgehead atoms. The normalized spacial score (nSPS) is 15.0. The van der Waals surface area contributed by atoms with Gasteiger partial charge in [0.25, 0.3) is 5.91 Å². The van der Waals surface area contributed by atoms with Crippen molar-refractivity contribution in [2.24, 2.45) is 0 Å². The van der Waals surface area contributed by atoms with Gasteiger partial charge in [-0.2, -0.15) is 13.2 Å². The van der Waals surface area contributed by atoms with Crippen LogP contribution in [0.4, 0.5) is 33.3 Å². The Kier molecular flexibility index (Phi) is 9.51. The number of anilines is 2. The van der Waals surface area contributed by atoms with E-state index in [9.17, 15) is 26.7 Å². The van der Waals surface area contributed by atoms with E-state index in [1.54, 1.807) is 22.9 Å². The van der Waals surface area contributed by atoms with E-state index in [0.29, 0.717) is 42.6 Å². The molecule has 0 aliphatic carbocycles.